The SMILES string of the molecule is CC.CC.CC(C)(C)C.CCC.CCC. The minimum Gasteiger partial charge on any atom is -0.0683 e. The zero-order chi connectivity index (χ0) is 13.9. The van der Waals surface area contributed by atoms with Gasteiger partial charge in [0, 0.05) is 0 Å². The van der Waals surface area contributed by atoms with Gasteiger partial charge in [-0.2, -0.15) is 0 Å². The van der Waals surface area contributed by atoms with Crippen molar-refractivity contribution in [1.29, 1.82) is 0 Å². The molecule has 0 aliphatic heterocycles. The lowest BCUT2D eigenvalue weighted by molar-refractivity contribution is 0.469. The summed E-state index contributed by atoms with van der Waals surface area (Å²) in [5, 5.41) is 0. The lowest BCUT2D eigenvalue weighted by atomic mass is 10.0. The third kappa shape index (κ3) is 0. The summed E-state index contributed by atoms with van der Waals surface area (Å²) in [5.41, 5.74) is 0.500. The molecule has 0 amide bonds. The molecule has 0 bridgehead atoms. The van der Waals surface area contributed by atoms with Crippen LogP contribution in [-0.2, 0) is 0 Å². The Kier molecular flexibility index (Phi) is 72.5. The van der Waals surface area contributed by atoms with Crippen LogP contribution in [0, 0.1) is 5.41 Å². The second-order valence-corrected chi connectivity index (χ2v) is 4.41. The summed E-state index contributed by atoms with van der Waals surface area (Å²) in [4.78, 5) is 0. The van der Waals surface area contributed by atoms with Crippen LogP contribution in [0.4, 0.5) is 0 Å². The van der Waals surface area contributed by atoms with Gasteiger partial charge in [-0.25, -0.2) is 0 Å². The van der Waals surface area contributed by atoms with Crippen molar-refractivity contribution in [3.8, 4) is 0 Å². The van der Waals surface area contributed by atoms with Gasteiger partial charge >= 0.3 is 0 Å². The second kappa shape index (κ2) is 37.0. The molecule has 0 spiro atoms. The topological polar surface area (TPSA) is 0 Å². The van der Waals surface area contributed by atoms with Crippen LogP contribution < -0.4 is 0 Å². The molecule has 0 N–H and O–H groups in total. The Morgan fingerprint density at radius 1 is 0.533 bits per heavy atom. The first-order chi connectivity index (χ1) is 6.83. The summed E-state index contributed by atoms with van der Waals surface area (Å²) in [6.45, 7) is 25.2. The van der Waals surface area contributed by atoms with Crippen molar-refractivity contribution in [2.75, 3.05) is 0 Å². The van der Waals surface area contributed by atoms with Crippen LogP contribution >= 0.6 is 0 Å². The van der Waals surface area contributed by atoms with Crippen LogP contribution in [0.1, 0.15) is 95.9 Å². The van der Waals surface area contributed by atoms with Gasteiger partial charge in [-0.3, -0.25) is 0 Å². The maximum Gasteiger partial charge on any atom is -0.0411 e. The Balaban J connectivity index is -0.0000000296. The summed E-state index contributed by atoms with van der Waals surface area (Å²) in [6, 6.07) is 0. The van der Waals surface area contributed by atoms with E-state index in [9.17, 15) is 0 Å². The van der Waals surface area contributed by atoms with Crippen LogP contribution in [-0.4, -0.2) is 0 Å². The van der Waals surface area contributed by atoms with Gasteiger partial charge in [0.05, 0.1) is 0 Å². The highest BCUT2D eigenvalue weighted by Crippen LogP contribution is 2.07. The van der Waals surface area contributed by atoms with E-state index in [1.54, 1.807) is 0 Å². The molecule has 0 rings (SSSR count). The summed E-state index contributed by atoms with van der Waals surface area (Å²) < 4.78 is 0. The maximum atomic E-state index is 2.19. The first kappa shape index (κ1) is 29.4. The van der Waals surface area contributed by atoms with E-state index in [2.05, 4.69) is 55.4 Å². The first-order valence-corrected chi connectivity index (χ1v) is 6.83. The third-order valence-electron chi connectivity index (χ3n) is 0. The van der Waals surface area contributed by atoms with E-state index in [0.717, 1.165) is 0 Å². The zero-order valence-corrected chi connectivity index (χ0v) is 13.9. The molecule has 15 heavy (non-hydrogen) atoms. The number of rotatable bonds is 0. The fourth-order valence-corrected chi connectivity index (χ4v) is 0. The van der Waals surface area contributed by atoms with Gasteiger partial charge in [0.25, 0.3) is 0 Å². The third-order valence-corrected chi connectivity index (χ3v) is 0. The highest BCUT2D eigenvalue weighted by Gasteiger charge is 1.95. The molecule has 0 saturated carbocycles. The molecule has 0 heteroatoms. The highest BCUT2D eigenvalue weighted by molar-refractivity contribution is 4.47. The molecule has 0 aliphatic carbocycles. The molecule has 0 heterocycles. The molecule has 100 valence electrons. The molecular formula is C15H40. The largest absolute Gasteiger partial charge is 0.0683 e. The molecule has 0 saturated heterocycles. The van der Waals surface area contributed by atoms with Crippen molar-refractivity contribution in [3.63, 3.8) is 0 Å². The normalized spacial score (nSPS) is 7.20. The minimum atomic E-state index is 0.500. The van der Waals surface area contributed by atoms with E-state index in [4.69, 9.17) is 0 Å². The van der Waals surface area contributed by atoms with Crippen molar-refractivity contribution in [3.05, 3.63) is 0 Å². The van der Waals surface area contributed by atoms with Gasteiger partial charge in [0.15, 0.2) is 0 Å². The Bertz CT molecular complexity index is 30.5. The van der Waals surface area contributed by atoms with Crippen molar-refractivity contribution in [2.24, 2.45) is 5.41 Å². The van der Waals surface area contributed by atoms with Crippen molar-refractivity contribution in [1.82, 2.24) is 0 Å². The predicted molar refractivity (Wildman–Crippen MR) is 79.8 cm³/mol. The Morgan fingerprint density at radius 2 is 0.533 bits per heavy atom. The molecule has 0 unspecified atom stereocenters. The van der Waals surface area contributed by atoms with Gasteiger partial charge < -0.3 is 0 Å². The van der Waals surface area contributed by atoms with Crippen LogP contribution in [0.5, 0.6) is 0 Å². The quantitative estimate of drug-likeness (QED) is 0.415. The molecule has 0 atom stereocenters. The summed E-state index contributed by atoms with van der Waals surface area (Å²) in [5.74, 6) is 0. The fourth-order valence-electron chi connectivity index (χ4n) is 0. The second-order valence-electron chi connectivity index (χ2n) is 4.41. The van der Waals surface area contributed by atoms with E-state index in [-0.39, 0.29) is 0 Å². The number of hydrogen-bond donors (Lipinski definition) is 0. The Labute approximate surface area is 102 Å². The smallest absolute Gasteiger partial charge is 0.0411 e. The highest BCUT2D eigenvalue weighted by atomic mass is 14.0. The Hall–Kier alpha value is 0. The Morgan fingerprint density at radius 3 is 0.533 bits per heavy atom. The monoisotopic (exact) mass is 220 g/mol. The van der Waals surface area contributed by atoms with Gasteiger partial charge in [-0.05, 0) is 5.41 Å². The summed E-state index contributed by atoms with van der Waals surface area (Å²) >= 11 is 0. The predicted octanol–water partition coefficient (Wildman–Crippen LogP) is 6.94. The van der Waals surface area contributed by atoms with E-state index in [1.807, 2.05) is 27.7 Å². The van der Waals surface area contributed by atoms with E-state index in [1.165, 1.54) is 12.8 Å². The van der Waals surface area contributed by atoms with Crippen LogP contribution in [0.2, 0.25) is 0 Å². The molecule has 0 aromatic heterocycles. The molecular weight excluding hydrogens is 180 g/mol. The lowest BCUT2D eigenvalue weighted by Gasteiger charge is -2.05. The van der Waals surface area contributed by atoms with E-state index >= 15 is 0 Å². The van der Waals surface area contributed by atoms with Gasteiger partial charge in [-0.15, -0.1) is 0 Å². The molecule has 0 aliphatic rings. The molecule has 0 aromatic rings. The molecule has 0 aromatic carbocycles. The van der Waals surface area contributed by atoms with Gasteiger partial charge in [0.2, 0.25) is 0 Å². The van der Waals surface area contributed by atoms with Gasteiger partial charge in [-0.1, -0.05) is 95.9 Å². The standard InChI is InChI=1S/C5H12.2C3H8.2C2H6/c1-5(2,3)4;2*1-3-2;2*1-2/h1-4H3;2*3H2,1-2H3;2*1-2H3. The lowest BCUT2D eigenvalue weighted by Crippen LogP contribution is -1.93. The molecule has 0 radical (unpaired) electrons. The average molecular weight is 220 g/mol. The molecule has 0 nitrogen and oxygen atoms in total. The summed E-state index contributed by atoms with van der Waals surface area (Å²) in [7, 11) is 0. The van der Waals surface area contributed by atoms with Crippen LogP contribution in [0.25, 0.3) is 0 Å². The fraction of sp³-hybridized carbons (Fsp3) is 1.00. The number of hydrogen-bond acceptors (Lipinski definition) is 0. The van der Waals surface area contributed by atoms with Crippen molar-refractivity contribution >= 4 is 0 Å². The van der Waals surface area contributed by atoms with E-state index in [0.29, 0.717) is 5.41 Å². The van der Waals surface area contributed by atoms with Crippen LogP contribution in [0.3, 0.4) is 0 Å². The van der Waals surface area contributed by atoms with Crippen molar-refractivity contribution in [2.45, 2.75) is 95.9 Å². The van der Waals surface area contributed by atoms with Crippen LogP contribution in [0.15, 0.2) is 0 Å². The maximum absolute atomic E-state index is 2.19. The minimum absolute atomic E-state index is 0.500. The summed E-state index contributed by atoms with van der Waals surface area (Å²) in [6.07, 6.45) is 2.50. The zero-order valence-electron chi connectivity index (χ0n) is 13.9. The average Bonchev–Trinajstić information content (AvgIpc) is 2.10. The first-order valence-electron chi connectivity index (χ1n) is 6.83. The van der Waals surface area contributed by atoms with Crippen molar-refractivity contribution < 1.29 is 0 Å². The van der Waals surface area contributed by atoms with E-state index < -0.39 is 0 Å². The van der Waals surface area contributed by atoms with Gasteiger partial charge in [0.1, 0.15) is 0 Å². The molecule has 0 fully saturated rings.